The summed E-state index contributed by atoms with van der Waals surface area (Å²) in [6.45, 7) is 6.89. The maximum atomic E-state index is 13.5. The molecule has 0 aliphatic heterocycles. The highest BCUT2D eigenvalue weighted by atomic mass is 32.2. The van der Waals surface area contributed by atoms with Crippen LogP contribution in [0.25, 0.3) is 0 Å². The summed E-state index contributed by atoms with van der Waals surface area (Å²) in [6.07, 6.45) is 9.68. The van der Waals surface area contributed by atoms with Gasteiger partial charge in [0.25, 0.3) is 5.91 Å². The van der Waals surface area contributed by atoms with Crippen molar-refractivity contribution in [3.05, 3.63) is 0 Å². The molecule has 2 aliphatic rings. The number of hydrogen-bond acceptors (Lipinski definition) is 6. The number of carbonyl (C=O) groups is 5. The molecule has 10 heteroatoms. The van der Waals surface area contributed by atoms with Crippen molar-refractivity contribution in [3.63, 3.8) is 0 Å². The van der Waals surface area contributed by atoms with Gasteiger partial charge in [-0.05, 0) is 49.0 Å². The summed E-state index contributed by atoms with van der Waals surface area (Å²) in [7, 11) is 0. The Hall–Kier alpha value is -2.10. The predicted octanol–water partition coefficient (Wildman–Crippen LogP) is 2.08. The van der Waals surface area contributed by atoms with Gasteiger partial charge in [0.15, 0.2) is 0 Å². The van der Waals surface area contributed by atoms with Crippen molar-refractivity contribution in [3.8, 4) is 0 Å². The number of Topliss-reactive ketones (excluding diaryl/α,β-unsaturated/α-hetero) is 1. The van der Waals surface area contributed by atoms with Crippen LogP contribution >= 0.6 is 11.8 Å². The standard InChI is InChI=1S/C26H44N4O5S/c1-16(31)27-22(26(2,3)4)25(35)30-20(15-17-9-7-6-8-10-17)23(33)29-19(13-14-36-5)21(32)24(34)28-18-11-12-18/h17-20,22H,6-15H2,1-5H3,(H,27,31)(H,28,34)(H,29,33)(H,30,35)/t19-,20-,22+/m0/s1. The summed E-state index contributed by atoms with van der Waals surface area (Å²) < 4.78 is 0. The minimum atomic E-state index is -0.955. The zero-order chi connectivity index (χ0) is 26.9. The van der Waals surface area contributed by atoms with E-state index in [4.69, 9.17) is 0 Å². The number of thioether (sulfide) groups is 1. The van der Waals surface area contributed by atoms with Gasteiger partial charge in [-0.1, -0.05) is 52.9 Å². The summed E-state index contributed by atoms with van der Waals surface area (Å²) in [5.74, 6) is -1.69. The van der Waals surface area contributed by atoms with Gasteiger partial charge in [0.1, 0.15) is 12.1 Å². The van der Waals surface area contributed by atoms with Crippen LogP contribution in [0.5, 0.6) is 0 Å². The first kappa shape index (κ1) is 30.1. The van der Waals surface area contributed by atoms with E-state index in [-0.39, 0.29) is 17.9 Å². The highest BCUT2D eigenvalue weighted by molar-refractivity contribution is 7.98. The third-order valence-electron chi connectivity index (χ3n) is 6.78. The van der Waals surface area contributed by atoms with E-state index in [0.29, 0.717) is 18.6 Å². The van der Waals surface area contributed by atoms with E-state index < -0.39 is 47.0 Å². The quantitative estimate of drug-likeness (QED) is 0.273. The number of amides is 4. The van der Waals surface area contributed by atoms with Gasteiger partial charge in [-0.25, -0.2) is 0 Å². The minimum Gasteiger partial charge on any atom is -0.347 e. The smallest absolute Gasteiger partial charge is 0.289 e. The molecule has 0 spiro atoms. The first-order valence-corrected chi connectivity index (χ1v) is 14.5. The Morgan fingerprint density at radius 3 is 2.00 bits per heavy atom. The number of carbonyl (C=O) groups excluding carboxylic acids is 5. The molecule has 2 aliphatic carbocycles. The van der Waals surface area contributed by atoms with Crippen molar-refractivity contribution < 1.29 is 24.0 Å². The molecule has 0 heterocycles. The summed E-state index contributed by atoms with van der Waals surface area (Å²) in [6, 6.07) is -2.60. The van der Waals surface area contributed by atoms with Crippen molar-refractivity contribution >= 4 is 41.2 Å². The fourth-order valence-corrected chi connectivity index (χ4v) is 5.01. The molecule has 4 amide bonds. The molecule has 0 saturated heterocycles. The molecule has 0 aromatic heterocycles. The van der Waals surface area contributed by atoms with Crippen molar-refractivity contribution in [1.29, 1.82) is 0 Å². The summed E-state index contributed by atoms with van der Waals surface area (Å²) in [5, 5.41) is 11.0. The lowest BCUT2D eigenvalue weighted by Gasteiger charge is -2.33. The van der Waals surface area contributed by atoms with Crippen LogP contribution in [0.1, 0.15) is 85.5 Å². The molecule has 0 radical (unpaired) electrons. The Labute approximate surface area is 219 Å². The topological polar surface area (TPSA) is 133 Å². The van der Waals surface area contributed by atoms with Crippen LogP contribution in [-0.4, -0.2) is 65.6 Å². The van der Waals surface area contributed by atoms with E-state index >= 15 is 0 Å². The SMILES string of the molecule is CSCC[C@H](NC(=O)[C@H](CC1CCCCC1)NC(=O)[C@@H](NC(C)=O)C(C)(C)C)C(=O)C(=O)NC1CC1. The Balaban J connectivity index is 2.19. The van der Waals surface area contributed by atoms with Crippen LogP contribution in [0, 0.1) is 11.3 Å². The van der Waals surface area contributed by atoms with Crippen LogP contribution in [-0.2, 0) is 24.0 Å². The lowest BCUT2D eigenvalue weighted by atomic mass is 9.83. The van der Waals surface area contributed by atoms with Gasteiger partial charge in [-0.15, -0.1) is 0 Å². The molecule has 9 nitrogen and oxygen atoms in total. The number of rotatable bonds is 13. The summed E-state index contributed by atoms with van der Waals surface area (Å²) in [4.78, 5) is 63.8. The maximum absolute atomic E-state index is 13.5. The molecule has 2 fully saturated rings. The molecule has 0 aromatic rings. The third-order valence-corrected chi connectivity index (χ3v) is 7.43. The van der Waals surface area contributed by atoms with Crippen molar-refractivity contribution in [1.82, 2.24) is 21.3 Å². The second-order valence-electron chi connectivity index (χ2n) is 11.3. The Morgan fingerprint density at radius 2 is 1.47 bits per heavy atom. The summed E-state index contributed by atoms with van der Waals surface area (Å²) >= 11 is 1.53. The van der Waals surface area contributed by atoms with Gasteiger partial charge in [0, 0.05) is 13.0 Å². The zero-order valence-electron chi connectivity index (χ0n) is 22.4. The van der Waals surface area contributed by atoms with Crippen molar-refractivity contribution in [2.75, 3.05) is 12.0 Å². The van der Waals surface area contributed by atoms with Gasteiger partial charge in [-0.3, -0.25) is 24.0 Å². The first-order chi connectivity index (χ1) is 16.9. The van der Waals surface area contributed by atoms with E-state index in [2.05, 4.69) is 21.3 Å². The summed E-state index contributed by atoms with van der Waals surface area (Å²) in [5.41, 5.74) is -0.570. The van der Waals surface area contributed by atoms with E-state index in [1.54, 1.807) is 0 Å². The second kappa shape index (κ2) is 14.0. The molecular weight excluding hydrogens is 480 g/mol. The highest BCUT2D eigenvalue weighted by Crippen LogP contribution is 2.28. The molecule has 4 N–H and O–H groups in total. The minimum absolute atomic E-state index is 0.0415. The van der Waals surface area contributed by atoms with Crippen LogP contribution in [0.4, 0.5) is 0 Å². The van der Waals surface area contributed by atoms with Crippen LogP contribution < -0.4 is 21.3 Å². The van der Waals surface area contributed by atoms with E-state index in [0.717, 1.165) is 44.9 Å². The van der Waals surface area contributed by atoms with E-state index in [1.165, 1.54) is 18.7 Å². The molecular formula is C26H44N4O5S. The highest BCUT2D eigenvalue weighted by Gasteiger charge is 2.37. The number of nitrogens with one attached hydrogen (secondary N) is 4. The number of ketones is 1. The Bertz CT molecular complexity index is 803. The molecule has 204 valence electrons. The zero-order valence-corrected chi connectivity index (χ0v) is 23.2. The second-order valence-corrected chi connectivity index (χ2v) is 12.2. The van der Waals surface area contributed by atoms with Gasteiger partial charge in [-0.2, -0.15) is 11.8 Å². The van der Waals surface area contributed by atoms with Crippen LogP contribution in [0.2, 0.25) is 0 Å². The van der Waals surface area contributed by atoms with Crippen molar-refractivity contribution in [2.45, 2.75) is 110 Å². The molecule has 2 saturated carbocycles. The van der Waals surface area contributed by atoms with E-state index in [1.807, 2.05) is 27.0 Å². The molecule has 36 heavy (non-hydrogen) atoms. The Morgan fingerprint density at radius 1 is 0.861 bits per heavy atom. The monoisotopic (exact) mass is 524 g/mol. The van der Waals surface area contributed by atoms with Crippen LogP contribution in [0.15, 0.2) is 0 Å². The fraction of sp³-hybridized carbons (Fsp3) is 0.808. The molecule has 0 aromatic carbocycles. The predicted molar refractivity (Wildman–Crippen MR) is 141 cm³/mol. The lowest BCUT2D eigenvalue weighted by molar-refractivity contribution is -0.140. The lowest BCUT2D eigenvalue weighted by Crippen LogP contribution is -2.59. The van der Waals surface area contributed by atoms with Gasteiger partial charge < -0.3 is 21.3 Å². The van der Waals surface area contributed by atoms with Gasteiger partial charge >= 0.3 is 0 Å². The average Bonchev–Trinajstić information content (AvgIpc) is 3.62. The first-order valence-electron chi connectivity index (χ1n) is 13.1. The molecule has 2 rings (SSSR count). The average molecular weight is 525 g/mol. The fourth-order valence-electron chi connectivity index (χ4n) is 4.54. The largest absolute Gasteiger partial charge is 0.347 e. The number of hydrogen-bond donors (Lipinski definition) is 4. The van der Waals surface area contributed by atoms with Crippen molar-refractivity contribution in [2.24, 2.45) is 11.3 Å². The van der Waals surface area contributed by atoms with Crippen LogP contribution in [0.3, 0.4) is 0 Å². The third kappa shape index (κ3) is 10.1. The molecule has 3 atom stereocenters. The Kier molecular flexibility index (Phi) is 11.7. The van der Waals surface area contributed by atoms with E-state index in [9.17, 15) is 24.0 Å². The molecule has 0 unspecified atom stereocenters. The molecule has 0 bridgehead atoms. The normalized spacial score (nSPS) is 18.9. The maximum Gasteiger partial charge on any atom is 0.289 e. The van der Waals surface area contributed by atoms with Gasteiger partial charge in [0.2, 0.25) is 23.5 Å². The van der Waals surface area contributed by atoms with Gasteiger partial charge in [0.05, 0.1) is 6.04 Å².